The summed E-state index contributed by atoms with van der Waals surface area (Å²) >= 11 is 9.49. The van der Waals surface area contributed by atoms with Crippen LogP contribution in [0.3, 0.4) is 0 Å². The fourth-order valence-electron chi connectivity index (χ4n) is 2.69. The molecule has 5 heteroatoms. The number of nitrogens with one attached hydrogen (secondary N) is 1. The molecule has 0 unspecified atom stereocenters. The lowest BCUT2D eigenvalue weighted by Crippen LogP contribution is -1.81. The van der Waals surface area contributed by atoms with E-state index in [0.717, 1.165) is 32.2 Å². The molecule has 0 aliphatic carbocycles. The molecule has 0 fully saturated rings. The Balaban J connectivity index is 1.83. The largest absolute Gasteiger partial charge is 0.338 e. The molecule has 0 bridgehead atoms. The number of rotatable bonds is 4. The van der Waals surface area contributed by atoms with Gasteiger partial charge >= 0.3 is 0 Å². The van der Waals surface area contributed by atoms with Crippen LogP contribution in [-0.4, -0.2) is 16.2 Å². The van der Waals surface area contributed by atoms with Crippen LogP contribution in [-0.2, 0) is 0 Å². The Morgan fingerprint density at radius 2 is 1.64 bits per heavy atom. The highest BCUT2D eigenvalue weighted by molar-refractivity contribution is 7.99. The number of aromatic amines is 1. The monoisotopic (exact) mass is 382 g/mol. The third-order valence-corrected chi connectivity index (χ3v) is 6.07. The van der Waals surface area contributed by atoms with Crippen molar-refractivity contribution >= 4 is 46.2 Å². The lowest BCUT2D eigenvalue weighted by atomic mass is 10.1. The predicted molar refractivity (Wildman–Crippen MR) is 109 cm³/mol. The van der Waals surface area contributed by atoms with E-state index in [0.29, 0.717) is 0 Å². The maximum absolute atomic E-state index is 6.02. The molecule has 2 heterocycles. The lowest BCUT2D eigenvalue weighted by Gasteiger charge is -2.06. The van der Waals surface area contributed by atoms with Crippen LogP contribution < -0.4 is 0 Å². The first kappa shape index (κ1) is 16.6. The number of thioether (sulfide) groups is 1. The second-order valence-electron chi connectivity index (χ2n) is 5.51. The first-order valence-corrected chi connectivity index (χ1v) is 10.2. The van der Waals surface area contributed by atoms with Gasteiger partial charge in [0.15, 0.2) is 0 Å². The molecule has 2 nitrogen and oxygen atoms in total. The minimum Gasteiger partial charge on any atom is -0.338 e. The maximum atomic E-state index is 6.02. The van der Waals surface area contributed by atoms with Gasteiger partial charge in [0.2, 0.25) is 0 Å². The first-order valence-electron chi connectivity index (χ1n) is 7.79. The number of aromatic nitrogens is 2. The molecule has 4 aromatic rings. The summed E-state index contributed by atoms with van der Waals surface area (Å²) in [7, 11) is 0. The van der Waals surface area contributed by atoms with Crippen LogP contribution in [0.4, 0.5) is 0 Å². The Bertz CT molecular complexity index is 1010. The van der Waals surface area contributed by atoms with E-state index < -0.39 is 0 Å². The number of fused-ring (bicyclic) bond motifs is 1. The average Bonchev–Trinajstić information content (AvgIpc) is 3.02. The fraction of sp³-hybridized carbons (Fsp3) is 0.0500. The molecular weight excluding hydrogens is 368 g/mol. The number of benzene rings is 2. The minimum atomic E-state index is 0.748. The molecule has 0 aliphatic rings. The average molecular weight is 383 g/mol. The van der Waals surface area contributed by atoms with Gasteiger partial charge in [-0.2, -0.15) is 0 Å². The number of hydrogen-bond donors (Lipinski definition) is 1. The number of nitrogens with zero attached hydrogens (tertiary/aromatic N) is 1. The Morgan fingerprint density at radius 1 is 0.920 bits per heavy atom. The van der Waals surface area contributed by atoms with Crippen molar-refractivity contribution in [1.29, 1.82) is 0 Å². The van der Waals surface area contributed by atoms with Gasteiger partial charge in [0.25, 0.3) is 0 Å². The lowest BCUT2D eigenvalue weighted by molar-refractivity contribution is 1.31. The summed E-state index contributed by atoms with van der Waals surface area (Å²) < 4.78 is 0. The van der Waals surface area contributed by atoms with Crippen molar-refractivity contribution in [2.24, 2.45) is 0 Å². The molecule has 2 aromatic heterocycles. The zero-order valence-electron chi connectivity index (χ0n) is 13.5. The van der Waals surface area contributed by atoms with E-state index in [1.165, 1.54) is 9.79 Å². The second-order valence-corrected chi connectivity index (χ2v) is 7.91. The van der Waals surface area contributed by atoms with Crippen molar-refractivity contribution in [1.82, 2.24) is 9.97 Å². The molecule has 1 N–H and O–H groups in total. The van der Waals surface area contributed by atoms with Crippen LogP contribution in [0.1, 0.15) is 0 Å². The van der Waals surface area contributed by atoms with Crippen molar-refractivity contribution in [3.05, 3.63) is 71.9 Å². The third-order valence-electron chi connectivity index (χ3n) is 3.94. The second kappa shape index (κ2) is 7.16. The molecule has 0 radical (unpaired) electrons. The minimum absolute atomic E-state index is 0.748. The summed E-state index contributed by atoms with van der Waals surface area (Å²) in [4.78, 5) is 11.6. The molecule has 0 spiro atoms. The zero-order valence-corrected chi connectivity index (χ0v) is 15.9. The molecule has 2 aromatic carbocycles. The van der Waals surface area contributed by atoms with Gasteiger partial charge in [0, 0.05) is 31.3 Å². The van der Waals surface area contributed by atoms with Gasteiger partial charge in [-0.05, 0) is 60.4 Å². The molecule has 0 atom stereocenters. The van der Waals surface area contributed by atoms with E-state index in [1.54, 1.807) is 23.5 Å². The van der Waals surface area contributed by atoms with Crippen molar-refractivity contribution in [2.45, 2.75) is 14.7 Å². The van der Waals surface area contributed by atoms with Gasteiger partial charge in [0.1, 0.15) is 5.65 Å². The molecule has 0 saturated heterocycles. The van der Waals surface area contributed by atoms with Crippen LogP contribution >= 0.6 is 35.1 Å². The summed E-state index contributed by atoms with van der Waals surface area (Å²) in [6.45, 7) is 0. The highest BCUT2D eigenvalue weighted by Gasteiger charge is 2.15. The highest BCUT2D eigenvalue weighted by Crippen LogP contribution is 2.41. The topological polar surface area (TPSA) is 28.7 Å². The number of pyridine rings is 1. The number of H-pyrrole nitrogens is 1. The third kappa shape index (κ3) is 3.43. The Hall–Kier alpha value is -1.88. The quantitative estimate of drug-likeness (QED) is 0.395. The number of hydrogen-bond acceptors (Lipinski definition) is 3. The molecule has 124 valence electrons. The fourth-order valence-corrected chi connectivity index (χ4v) is 4.27. The van der Waals surface area contributed by atoms with Crippen molar-refractivity contribution in [3.63, 3.8) is 0 Å². The van der Waals surface area contributed by atoms with Crippen LogP contribution in [0.5, 0.6) is 0 Å². The Labute approximate surface area is 160 Å². The summed E-state index contributed by atoms with van der Waals surface area (Å²) in [5.74, 6) is 0. The van der Waals surface area contributed by atoms with E-state index in [9.17, 15) is 0 Å². The van der Waals surface area contributed by atoms with Crippen LogP contribution in [0.2, 0.25) is 5.02 Å². The van der Waals surface area contributed by atoms with E-state index in [-0.39, 0.29) is 0 Å². The van der Waals surface area contributed by atoms with Gasteiger partial charge in [-0.3, -0.25) is 0 Å². The maximum Gasteiger partial charge on any atom is 0.138 e. The molecule has 25 heavy (non-hydrogen) atoms. The standard InChI is InChI=1S/C20H15ClN2S2/c1-24-15-8-4-13(5-9-15)18-19(17-3-2-12-22-20(17)23-18)25-16-10-6-14(21)7-11-16/h2-12H,1H3,(H,22,23). The SMILES string of the molecule is CSc1ccc(-c2[nH]c3ncccc3c2Sc2ccc(Cl)cc2)cc1. The van der Waals surface area contributed by atoms with Gasteiger partial charge in [-0.1, -0.05) is 35.5 Å². The zero-order chi connectivity index (χ0) is 17.2. The van der Waals surface area contributed by atoms with E-state index >= 15 is 0 Å². The van der Waals surface area contributed by atoms with Gasteiger partial charge in [-0.25, -0.2) is 4.98 Å². The smallest absolute Gasteiger partial charge is 0.138 e. The highest BCUT2D eigenvalue weighted by atomic mass is 35.5. The Kier molecular flexibility index (Phi) is 4.75. The summed E-state index contributed by atoms with van der Waals surface area (Å²) in [5, 5.41) is 1.88. The molecule has 0 saturated carbocycles. The summed E-state index contributed by atoms with van der Waals surface area (Å²) in [5.41, 5.74) is 3.16. The number of halogens is 1. The van der Waals surface area contributed by atoms with Gasteiger partial charge in [-0.15, -0.1) is 11.8 Å². The normalized spacial score (nSPS) is 11.1. The molecule has 0 aliphatic heterocycles. The Morgan fingerprint density at radius 3 is 2.36 bits per heavy atom. The van der Waals surface area contributed by atoms with Crippen LogP contribution in [0.25, 0.3) is 22.3 Å². The van der Waals surface area contributed by atoms with Crippen molar-refractivity contribution < 1.29 is 0 Å². The summed E-state index contributed by atoms with van der Waals surface area (Å²) in [6, 6.07) is 20.6. The predicted octanol–water partition coefficient (Wildman–Crippen LogP) is 6.76. The van der Waals surface area contributed by atoms with Crippen LogP contribution in [0.15, 0.2) is 81.5 Å². The van der Waals surface area contributed by atoms with E-state index in [1.807, 2.05) is 36.5 Å². The van der Waals surface area contributed by atoms with Crippen LogP contribution in [0, 0.1) is 0 Å². The van der Waals surface area contributed by atoms with Gasteiger partial charge in [0.05, 0.1) is 5.69 Å². The van der Waals surface area contributed by atoms with E-state index in [2.05, 4.69) is 46.6 Å². The van der Waals surface area contributed by atoms with Gasteiger partial charge < -0.3 is 4.98 Å². The van der Waals surface area contributed by atoms with E-state index in [4.69, 9.17) is 11.6 Å². The molecule has 0 amide bonds. The molecule has 4 rings (SSSR count). The first-order chi connectivity index (χ1) is 12.2. The summed E-state index contributed by atoms with van der Waals surface area (Å²) in [6.07, 6.45) is 3.90. The molecular formula is C20H15ClN2S2. The van der Waals surface area contributed by atoms with Crippen molar-refractivity contribution in [2.75, 3.05) is 6.26 Å². The van der Waals surface area contributed by atoms with Crippen molar-refractivity contribution in [3.8, 4) is 11.3 Å².